The quantitative estimate of drug-likeness (QED) is 0.715. The third-order valence-electron chi connectivity index (χ3n) is 4.20. The average molecular weight is 371 g/mol. The minimum Gasteiger partial charge on any atom is -0.342 e. The van der Waals surface area contributed by atoms with Crippen molar-refractivity contribution in [3.8, 4) is 0 Å². The molecule has 1 aliphatic rings. The zero-order chi connectivity index (χ0) is 16.5. The molecule has 1 aliphatic heterocycles. The van der Waals surface area contributed by atoms with Gasteiger partial charge in [-0.1, -0.05) is 37.3 Å². The van der Waals surface area contributed by atoms with E-state index in [1.165, 1.54) is 11.8 Å². The van der Waals surface area contributed by atoms with Gasteiger partial charge in [0, 0.05) is 18.7 Å². The Hall–Kier alpha value is -1.04. The highest BCUT2D eigenvalue weighted by atomic mass is 35.5. The zero-order valence-electron chi connectivity index (χ0n) is 14.2. The predicted octanol–water partition coefficient (Wildman–Crippen LogP) is 2.87. The molecule has 1 fully saturated rings. The third-order valence-corrected chi connectivity index (χ3v) is 5.12. The van der Waals surface area contributed by atoms with Gasteiger partial charge in [-0.15, -0.1) is 24.2 Å². The fraction of sp³-hybridized carbons (Fsp3) is 0.556. The monoisotopic (exact) mass is 370 g/mol. The standard InChI is InChI=1S/C18H26N2O2S.ClH/c1-2-19-12-15-8-10-20(11-9-15)18(22)14-23-13-17(21)16-6-4-3-5-7-16;/h3-7,15,19H,2,8-14H2,1H3;1H. The Morgan fingerprint density at radius 1 is 1.17 bits per heavy atom. The maximum absolute atomic E-state index is 12.2. The summed E-state index contributed by atoms with van der Waals surface area (Å²) in [4.78, 5) is 26.2. The summed E-state index contributed by atoms with van der Waals surface area (Å²) in [5.74, 6) is 1.71. The van der Waals surface area contributed by atoms with Crippen molar-refractivity contribution < 1.29 is 9.59 Å². The molecule has 0 spiro atoms. The van der Waals surface area contributed by atoms with Crippen LogP contribution in [0.15, 0.2) is 30.3 Å². The van der Waals surface area contributed by atoms with Crippen LogP contribution in [-0.4, -0.2) is 54.3 Å². The number of carbonyl (C=O) groups excluding carboxylic acids is 2. The molecule has 0 radical (unpaired) electrons. The molecular weight excluding hydrogens is 344 g/mol. The molecule has 2 rings (SSSR count). The molecular formula is C18H27ClN2O2S. The lowest BCUT2D eigenvalue weighted by Gasteiger charge is -2.32. The fourth-order valence-corrected chi connectivity index (χ4v) is 3.58. The van der Waals surface area contributed by atoms with Crippen molar-refractivity contribution in [2.24, 2.45) is 5.92 Å². The first kappa shape index (κ1) is 21.0. The number of hydrogen-bond donors (Lipinski definition) is 1. The van der Waals surface area contributed by atoms with Crippen LogP contribution in [0.1, 0.15) is 30.1 Å². The molecule has 134 valence electrons. The Morgan fingerprint density at radius 2 is 1.83 bits per heavy atom. The molecule has 1 amide bonds. The van der Waals surface area contributed by atoms with Crippen molar-refractivity contribution in [3.63, 3.8) is 0 Å². The molecule has 0 aromatic heterocycles. The second kappa shape index (κ2) is 11.5. The number of benzene rings is 1. The normalized spacial score (nSPS) is 15.0. The van der Waals surface area contributed by atoms with Crippen LogP contribution in [0.5, 0.6) is 0 Å². The average Bonchev–Trinajstić information content (AvgIpc) is 2.61. The van der Waals surface area contributed by atoms with Gasteiger partial charge < -0.3 is 10.2 Å². The number of halogens is 1. The number of likely N-dealkylation sites (tertiary alicyclic amines) is 1. The number of ketones is 1. The van der Waals surface area contributed by atoms with E-state index in [1.54, 1.807) is 0 Å². The van der Waals surface area contributed by atoms with Crippen LogP contribution in [0.2, 0.25) is 0 Å². The molecule has 4 nitrogen and oxygen atoms in total. The minimum absolute atomic E-state index is 0. The number of Topliss-reactive ketones (excluding diaryl/α,β-unsaturated/α-hetero) is 1. The molecule has 0 saturated carbocycles. The van der Waals surface area contributed by atoms with Gasteiger partial charge in [0.2, 0.25) is 5.91 Å². The van der Waals surface area contributed by atoms with Crippen LogP contribution in [0.4, 0.5) is 0 Å². The molecule has 1 N–H and O–H groups in total. The third kappa shape index (κ3) is 6.83. The molecule has 1 aromatic rings. The van der Waals surface area contributed by atoms with E-state index in [0.29, 0.717) is 17.4 Å². The van der Waals surface area contributed by atoms with E-state index in [0.717, 1.165) is 44.6 Å². The van der Waals surface area contributed by atoms with Gasteiger partial charge in [0.05, 0.1) is 11.5 Å². The number of nitrogens with one attached hydrogen (secondary N) is 1. The van der Waals surface area contributed by atoms with Crippen molar-refractivity contribution in [1.82, 2.24) is 10.2 Å². The van der Waals surface area contributed by atoms with E-state index in [2.05, 4.69) is 12.2 Å². The van der Waals surface area contributed by atoms with Crippen LogP contribution in [0, 0.1) is 5.92 Å². The smallest absolute Gasteiger partial charge is 0.232 e. The second-order valence-electron chi connectivity index (χ2n) is 5.91. The molecule has 0 atom stereocenters. The van der Waals surface area contributed by atoms with Crippen molar-refractivity contribution in [1.29, 1.82) is 0 Å². The Balaban J connectivity index is 0.00000288. The summed E-state index contributed by atoms with van der Waals surface area (Å²) in [6.07, 6.45) is 2.15. The van der Waals surface area contributed by atoms with Crippen molar-refractivity contribution in [2.45, 2.75) is 19.8 Å². The van der Waals surface area contributed by atoms with Gasteiger partial charge in [-0.25, -0.2) is 0 Å². The van der Waals surface area contributed by atoms with E-state index in [-0.39, 0.29) is 24.1 Å². The topological polar surface area (TPSA) is 49.4 Å². The summed E-state index contributed by atoms with van der Waals surface area (Å²) in [6.45, 7) is 5.88. The van der Waals surface area contributed by atoms with Gasteiger partial charge in [-0.05, 0) is 31.8 Å². The summed E-state index contributed by atoms with van der Waals surface area (Å²) in [5.41, 5.74) is 0.719. The maximum atomic E-state index is 12.2. The molecule has 0 aliphatic carbocycles. The van der Waals surface area contributed by atoms with Crippen LogP contribution < -0.4 is 5.32 Å². The zero-order valence-corrected chi connectivity index (χ0v) is 15.8. The van der Waals surface area contributed by atoms with Crippen molar-refractivity contribution in [3.05, 3.63) is 35.9 Å². The number of carbonyl (C=O) groups is 2. The van der Waals surface area contributed by atoms with Gasteiger partial charge in [-0.3, -0.25) is 9.59 Å². The van der Waals surface area contributed by atoms with Crippen molar-refractivity contribution in [2.75, 3.05) is 37.7 Å². The van der Waals surface area contributed by atoms with Crippen LogP contribution in [0.3, 0.4) is 0 Å². The van der Waals surface area contributed by atoms with E-state index in [1.807, 2.05) is 35.2 Å². The van der Waals surface area contributed by atoms with Gasteiger partial charge in [0.15, 0.2) is 5.78 Å². The highest BCUT2D eigenvalue weighted by Crippen LogP contribution is 2.17. The minimum atomic E-state index is 0. The molecule has 0 bridgehead atoms. The number of amides is 1. The number of hydrogen-bond acceptors (Lipinski definition) is 4. The number of piperidine rings is 1. The second-order valence-corrected chi connectivity index (χ2v) is 6.90. The number of thioether (sulfide) groups is 1. The van der Waals surface area contributed by atoms with Crippen LogP contribution >= 0.6 is 24.2 Å². The lowest BCUT2D eigenvalue weighted by atomic mass is 9.97. The molecule has 6 heteroatoms. The lowest BCUT2D eigenvalue weighted by molar-refractivity contribution is -0.129. The first-order chi connectivity index (χ1) is 11.2. The van der Waals surface area contributed by atoms with Gasteiger partial charge >= 0.3 is 0 Å². The summed E-state index contributed by atoms with van der Waals surface area (Å²) in [5, 5.41) is 3.38. The van der Waals surface area contributed by atoms with Crippen molar-refractivity contribution >= 4 is 35.9 Å². The Kier molecular flexibility index (Phi) is 10.1. The maximum Gasteiger partial charge on any atom is 0.232 e. The molecule has 1 saturated heterocycles. The SMILES string of the molecule is CCNCC1CCN(C(=O)CSCC(=O)c2ccccc2)CC1.Cl. The highest BCUT2D eigenvalue weighted by molar-refractivity contribution is 8.00. The largest absolute Gasteiger partial charge is 0.342 e. The van der Waals surface area contributed by atoms with E-state index < -0.39 is 0 Å². The van der Waals surface area contributed by atoms with Crippen LogP contribution in [-0.2, 0) is 4.79 Å². The first-order valence-corrected chi connectivity index (χ1v) is 9.50. The molecule has 1 heterocycles. The predicted molar refractivity (Wildman–Crippen MR) is 103 cm³/mol. The first-order valence-electron chi connectivity index (χ1n) is 8.35. The van der Waals surface area contributed by atoms with E-state index in [9.17, 15) is 9.59 Å². The van der Waals surface area contributed by atoms with Gasteiger partial charge in [-0.2, -0.15) is 0 Å². The summed E-state index contributed by atoms with van der Waals surface area (Å²) >= 11 is 1.42. The lowest BCUT2D eigenvalue weighted by Crippen LogP contribution is -2.41. The molecule has 24 heavy (non-hydrogen) atoms. The van der Waals surface area contributed by atoms with Gasteiger partial charge in [0.1, 0.15) is 0 Å². The Labute approximate surface area is 155 Å². The highest BCUT2D eigenvalue weighted by Gasteiger charge is 2.22. The Bertz CT molecular complexity index is 505. The number of nitrogens with zero attached hydrogens (tertiary/aromatic N) is 1. The molecule has 1 aromatic carbocycles. The summed E-state index contributed by atoms with van der Waals surface area (Å²) < 4.78 is 0. The van der Waals surface area contributed by atoms with E-state index >= 15 is 0 Å². The summed E-state index contributed by atoms with van der Waals surface area (Å²) in [7, 11) is 0. The van der Waals surface area contributed by atoms with Gasteiger partial charge in [0.25, 0.3) is 0 Å². The Morgan fingerprint density at radius 3 is 2.46 bits per heavy atom. The number of rotatable bonds is 8. The molecule has 0 unspecified atom stereocenters. The van der Waals surface area contributed by atoms with Crippen LogP contribution in [0.25, 0.3) is 0 Å². The fourth-order valence-electron chi connectivity index (χ4n) is 2.76. The van der Waals surface area contributed by atoms with E-state index in [4.69, 9.17) is 0 Å². The summed E-state index contributed by atoms with van der Waals surface area (Å²) in [6, 6.07) is 9.26.